The minimum absolute atomic E-state index is 0.304. The van der Waals surface area contributed by atoms with Crippen LogP contribution in [-0.2, 0) is 4.79 Å². The zero-order chi connectivity index (χ0) is 11.4. The van der Waals surface area contributed by atoms with Crippen molar-refractivity contribution >= 4 is 5.91 Å². The molecule has 1 aliphatic carbocycles. The summed E-state index contributed by atoms with van der Waals surface area (Å²) in [6.45, 7) is 4.71. The molecule has 1 atom stereocenters. The van der Waals surface area contributed by atoms with Crippen molar-refractivity contribution in [3.8, 4) is 0 Å². The van der Waals surface area contributed by atoms with Gasteiger partial charge in [0, 0.05) is 19.1 Å². The van der Waals surface area contributed by atoms with Gasteiger partial charge in [-0.3, -0.25) is 4.79 Å². The summed E-state index contributed by atoms with van der Waals surface area (Å²) in [4.78, 5) is 13.9. The molecule has 3 nitrogen and oxygen atoms in total. The fourth-order valence-corrected chi connectivity index (χ4v) is 2.62. The van der Waals surface area contributed by atoms with E-state index in [9.17, 15) is 4.79 Å². The molecule has 1 N–H and O–H groups in total. The first-order valence-corrected chi connectivity index (χ1v) is 6.82. The molecule has 0 aromatic carbocycles. The molecule has 2 aliphatic rings. The highest BCUT2D eigenvalue weighted by Gasteiger charge is 2.30. The molecule has 0 aromatic heterocycles. The summed E-state index contributed by atoms with van der Waals surface area (Å²) >= 11 is 0. The minimum atomic E-state index is 0.304. The van der Waals surface area contributed by atoms with E-state index in [1.165, 1.54) is 32.1 Å². The van der Waals surface area contributed by atoms with Gasteiger partial charge in [0.1, 0.15) is 0 Å². The lowest BCUT2D eigenvalue weighted by Crippen LogP contribution is -2.44. The lowest BCUT2D eigenvalue weighted by atomic mass is 10.1. The highest BCUT2D eigenvalue weighted by atomic mass is 16.2. The quantitative estimate of drug-likeness (QED) is 0.772. The molecule has 1 saturated carbocycles. The summed E-state index contributed by atoms with van der Waals surface area (Å²) in [7, 11) is 0. The molecule has 92 valence electrons. The van der Waals surface area contributed by atoms with Gasteiger partial charge in [0.2, 0.25) is 5.91 Å². The van der Waals surface area contributed by atoms with Crippen molar-refractivity contribution in [2.75, 3.05) is 19.6 Å². The van der Waals surface area contributed by atoms with Crippen LogP contribution in [0.2, 0.25) is 0 Å². The largest absolute Gasteiger partial charge is 0.342 e. The SMILES string of the molecule is CCC(NCC(=O)N1CCCCC1)C1CC1. The van der Waals surface area contributed by atoms with E-state index in [4.69, 9.17) is 0 Å². The monoisotopic (exact) mass is 224 g/mol. The summed E-state index contributed by atoms with van der Waals surface area (Å²) in [5, 5.41) is 3.44. The predicted molar refractivity (Wildman–Crippen MR) is 65.2 cm³/mol. The molecule has 0 aromatic rings. The fourth-order valence-electron chi connectivity index (χ4n) is 2.62. The van der Waals surface area contributed by atoms with E-state index in [-0.39, 0.29) is 0 Å². The average molecular weight is 224 g/mol. The second-order valence-corrected chi connectivity index (χ2v) is 5.17. The van der Waals surface area contributed by atoms with Crippen LogP contribution in [0.25, 0.3) is 0 Å². The molecule has 1 heterocycles. The number of carbonyl (C=O) groups excluding carboxylic acids is 1. The first kappa shape index (κ1) is 11.9. The van der Waals surface area contributed by atoms with Crippen LogP contribution >= 0.6 is 0 Å². The van der Waals surface area contributed by atoms with Gasteiger partial charge in [-0.1, -0.05) is 6.92 Å². The molecule has 1 unspecified atom stereocenters. The van der Waals surface area contributed by atoms with E-state index >= 15 is 0 Å². The Hall–Kier alpha value is -0.570. The molecule has 0 radical (unpaired) electrons. The molecule has 3 heteroatoms. The van der Waals surface area contributed by atoms with Crippen LogP contribution in [-0.4, -0.2) is 36.5 Å². The van der Waals surface area contributed by atoms with E-state index in [0.29, 0.717) is 18.5 Å². The molecule has 1 aliphatic heterocycles. The van der Waals surface area contributed by atoms with Gasteiger partial charge in [0.15, 0.2) is 0 Å². The van der Waals surface area contributed by atoms with E-state index in [0.717, 1.165) is 25.4 Å². The Labute approximate surface area is 98.6 Å². The Balaban J connectivity index is 1.69. The van der Waals surface area contributed by atoms with Gasteiger partial charge < -0.3 is 10.2 Å². The fraction of sp³-hybridized carbons (Fsp3) is 0.923. The van der Waals surface area contributed by atoms with Gasteiger partial charge in [-0.05, 0) is 44.4 Å². The summed E-state index contributed by atoms with van der Waals surface area (Å²) in [5.41, 5.74) is 0. The molecular weight excluding hydrogens is 200 g/mol. The maximum atomic E-state index is 11.9. The van der Waals surface area contributed by atoms with Crippen LogP contribution in [0.4, 0.5) is 0 Å². The summed E-state index contributed by atoms with van der Waals surface area (Å²) in [5.74, 6) is 1.15. The number of hydrogen-bond donors (Lipinski definition) is 1. The number of rotatable bonds is 5. The number of carbonyl (C=O) groups is 1. The van der Waals surface area contributed by atoms with Gasteiger partial charge in [0.25, 0.3) is 0 Å². The Morgan fingerprint density at radius 1 is 1.31 bits per heavy atom. The summed E-state index contributed by atoms with van der Waals surface area (Å²) < 4.78 is 0. The van der Waals surface area contributed by atoms with Crippen LogP contribution < -0.4 is 5.32 Å². The van der Waals surface area contributed by atoms with Gasteiger partial charge in [0.05, 0.1) is 6.54 Å². The third-order valence-electron chi connectivity index (χ3n) is 3.86. The predicted octanol–water partition coefficient (Wildman–Crippen LogP) is 1.78. The maximum absolute atomic E-state index is 11.9. The standard InChI is InChI=1S/C13H24N2O/c1-2-12(11-6-7-11)14-10-13(16)15-8-4-3-5-9-15/h11-12,14H,2-10H2,1H3. The Kier molecular flexibility index (Phi) is 4.22. The smallest absolute Gasteiger partial charge is 0.236 e. The third-order valence-corrected chi connectivity index (χ3v) is 3.86. The van der Waals surface area contributed by atoms with Gasteiger partial charge in [-0.2, -0.15) is 0 Å². The third kappa shape index (κ3) is 3.21. The van der Waals surface area contributed by atoms with Gasteiger partial charge >= 0.3 is 0 Å². The van der Waals surface area contributed by atoms with Crippen LogP contribution in [0.15, 0.2) is 0 Å². The first-order valence-electron chi connectivity index (χ1n) is 6.82. The number of amides is 1. The van der Waals surface area contributed by atoms with Gasteiger partial charge in [-0.25, -0.2) is 0 Å². The Morgan fingerprint density at radius 3 is 2.56 bits per heavy atom. The van der Waals surface area contributed by atoms with Crippen molar-refractivity contribution in [3.05, 3.63) is 0 Å². The Bertz CT molecular complexity index is 232. The lowest BCUT2D eigenvalue weighted by molar-refractivity contribution is -0.131. The maximum Gasteiger partial charge on any atom is 0.236 e. The van der Waals surface area contributed by atoms with Crippen LogP contribution in [0.1, 0.15) is 45.4 Å². The van der Waals surface area contributed by atoms with Crippen molar-refractivity contribution in [3.63, 3.8) is 0 Å². The normalized spacial score (nSPS) is 23.2. The van der Waals surface area contributed by atoms with E-state index < -0.39 is 0 Å². The number of piperidine rings is 1. The van der Waals surface area contributed by atoms with Crippen LogP contribution in [0, 0.1) is 5.92 Å². The average Bonchev–Trinajstić information content (AvgIpc) is 3.15. The molecule has 0 bridgehead atoms. The van der Waals surface area contributed by atoms with E-state index in [1.54, 1.807) is 0 Å². The highest BCUT2D eigenvalue weighted by molar-refractivity contribution is 5.78. The number of likely N-dealkylation sites (tertiary alicyclic amines) is 1. The van der Waals surface area contributed by atoms with Crippen LogP contribution in [0.5, 0.6) is 0 Å². The van der Waals surface area contributed by atoms with Crippen molar-refractivity contribution in [1.82, 2.24) is 10.2 Å². The second-order valence-electron chi connectivity index (χ2n) is 5.17. The van der Waals surface area contributed by atoms with Crippen LogP contribution in [0.3, 0.4) is 0 Å². The molecule has 0 spiro atoms. The molecule has 16 heavy (non-hydrogen) atoms. The van der Waals surface area contributed by atoms with E-state index in [2.05, 4.69) is 12.2 Å². The summed E-state index contributed by atoms with van der Waals surface area (Å²) in [6.07, 6.45) is 7.51. The molecular formula is C13H24N2O. The molecule has 1 saturated heterocycles. The molecule has 1 amide bonds. The summed E-state index contributed by atoms with van der Waals surface area (Å²) in [6, 6.07) is 0.578. The van der Waals surface area contributed by atoms with Crippen molar-refractivity contribution in [2.24, 2.45) is 5.92 Å². The molecule has 2 fully saturated rings. The number of hydrogen-bond acceptors (Lipinski definition) is 2. The minimum Gasteiger partial charge on any atom is -0.342 e. The van der Waals surface area contributed by atoms with E-state index in [1.807, 2.05) is 4.90 Å². The number of nitrogens with zero attached hydrogens (tertiary/aromatic N) is 1. The zero-order valence-corrected chi connectivity index (χ0v) is 10.4. The second kappa shape index (κ2) is 5.67. The zero-order valence-electron chi connectivity index (χ0n) is 10.4. The number of nitrogens with one attached hydrogen (secondary N) is 1. The van der Waals surface area contributed by atoms with Gasteiger partial charge in [-0.15, -0.1) is 0 Å². The Morgan fingerprint density at radius 2 is 2.00 bits per heavy atom. The lowest BCUT2D eigenvalue weighted by Gasteiger charge is -2.27. The van der Waals surface area contributed by atoms with Crippen molar-refractivity contribution in [2.45, 2.75) is 51.5 Å². The van der Waals surface area contributed by atoms with Crippen molar-refractivity contribution < 1.29 is 4.79 Å². The molecule has 2 rings (SSSR count). The first-order chi connectivity index (χ1) is 7.81. The topological polar surface area (TPSA) is 32.3 Å². The highest BCUT2D eigenvalue weighted by Crippen LogP contribution is 2.33. The van der Waals surface area contributed by atoms with Crippen molar-refractivity contribution in [1.29, 1.82) is 0 Å².